The molecule has 1 aromatic heterocycles. The topological polar surface area (TPSA) is 52.1 Å². The van der Waals surface area contributed by atoms with Crippen molar-refractivity contribution in [3.8, 4) is 0 Å². The predicted molar refractivity (Wildman–Crippen MR) is 70.3 cm³/mol. The summed E-state index contributed by atoms with van der Waals surface area (Å²) in [7, 11) is 0. The Morgan fingerprint density at radius 3 is 2.39 bits per heavy atom. The summed E-state index contributed by atoms with van der Waals surface area (Å²) in [4.78, 5) is 19.9. The average molecular weight is 250 g/mol. The molecule has 0 aromatic carbocycles. The van der Waals surface area contributed by atoms with Crippen LogP contribution in [0.3, 0.4) is 0 Å². The zero-order valence-corrected chi connectivity index (χ0v) is 11.7. The van der Waals surface area contributed by atoms with Crippen molar-refractivity contribution in [2.75, 3.05) is 6.61 Å². The van der Waals surface area contributed by atoms with E-state index in [-0.39, 0.29) is 11.4 Å². The van der Waals surface area contributed by atoms with Crippen molar-refractivity contribution in [1.29, 1.82) is 0 Å². The maximum absolute atomic E-state index is 11.2. The number of rotatable bonds is 5. The zero-order valence-electron chi connectivity index (χ0n) is 11.7. The van der Waals surface area contributed by atoms with Gasteiger partial charge in [0.2, 0.25) is 0 Å². The highest BCUT2D eigenvalue weighted by Crippen LogP contribution is 2.17. The number of hydrogen-bond acceptors (Lipinski definition) is 4. The minimum Gasteiger partial charge on any atom is -0.466 e. The van der Waals surface area contributed by atoms with Crippen LogP contribution in [0.2, 0.25) is 0 Å². The molecule has 1 aromatic rings. The van der Waals surface area contributed by atoms with Crippen molar-refractivity contribution in [2.24, 2.45) is 0 Å². The highest BCUT2D eigenvalue weighted by atomic mass is 16.5. The number of ether oxygens (including phenoxy) is 1. The molecule has 1 rings (SSSR count). The fraction of sp³-hybridized carbons (Fsp3) is 0.643. The third-order valence-corrected chi connectivity index (χ3v) is 2.53. The van der Waals surface area contributed by atoms with Gasteiger partial charge in [0.15, 0.2) is 0 Å². The zero-order chi connectivity index (χ0) is 13.6. The van der Waals surface area contributed by atoms with Crippen LogP contribution in [0.15, 0.2) is 12.4 Å². The Labute approximate surface area is 109 Å². The number of esters is 1. The number of carbonyl (C=O) groups excluding carboxylic acids is 1. The van der Waals surface area contributed by atoms with Gasteiger partial charge in [-0.1, -0.05) is 20.8 Å². The van der Waals surface area contributed by atoms with E-state index in [4.69, 9.17) is 4.74 Å². The molecule has 0 aliphatic carbocycles. The Morgan fingerprint density at radius 2 is 1.89 bits per heavy atom. The smallest absolute Gasteiger partial charge is 0.305 e. The molecule has 0 spiro atoms. The van der Waals surface area contributed by atoms with Crippen molar-refractivity contribution >= 4 is 5.97 Å². The molecule has 0 radical (unpaired) electrons. The Hall–Kier alpha value is -1.45. The number of aromatic nitrogens is 2. The molecule has 0 atom stereocenters. The van der Waals surface area contributed by atoms with E-state index < -0.39 is 0 Å². The summed E-state index contributed by atoms with van der Waals surface area (Å²) >= 11 is 0. The first-order valence-corrected chi connectivity index (χ1v) is 6.40. The summed E-state index contributed by atoms with van der Waals surface area (Å²) in [6.45, 7) is 8.52. The van der Waals surface area contributed by atoms with Gasteiger partial charge in [-0.25, -0.2) is 9.97 Å². The van der Waals surface area contributed by atoms with Crippen molar-refractivity contribution in [3.05, 3.63) is 23.8 Å². The monoisotopic (exact) mass is 250 g/mol. The summed E-state index contributed by atoms with van der Waals surface area (Å²) < 4.78 is 4.87. The number of aryl methyl sites for hydroxylation is 1. The molecule has 4 heteroatoms. The molecular formula is C14H22N2O2. The molecule has 0 N–H and O–H groups in total. The highest BCUT2D eigenvalue weighted by molar-refractivity contribution is 5.69. The summed E-state index contributed by atoms with van der Waals surface area (Å²) in [5.41, 5.74) is 1.04. The first kappa shape index (κ1) is 14.6. The quantitative estimate of drug-likeness (QED) is 0.754. The molecule has 0 fully saturated rings. The molecule has 100 valence electrons. The first-order valence-electron chi connectivity index (χ1n) is 6.40. The normalized spacial score (nSPS) is 11.3. The highest BCUT2D eigenvalue weighted by Gasteiger charge is 2.16. The van der Waals surface area contributed by atoms with Gasteiger partial charge in [0.05, 0.1) is 6.61 Å². The Bertz CT molecular complexity index is 380. The van der Waals surface area contributed by atoms with E-state index >= 15 is 0 Å². The number of carbonyl (C=O) groups is 1. The maximum Gasteiger partial charge on any atom is 0.305 e. The van der Waals surface area contributed by atoms with Gasteiger partial charge in [0.25, 0.3) is 0 Å². The summed E-state index contributed by atoms with van der Waals surface area (Å²) in [5.74, 6) is 0.710. The lowest BCUT2D eigenvalue weighted by Gasteiger charge is -2.15. The molecule has 0 aliphatic heterocycles. The van der Waals surface area contributed by atoms with Crippen LogP contribution >= 0.6 is 0 Å². The minimum absolute atomic E-state index is 0.0243. The fourth-order valence-electron chi connectivity index (χ4n) is 1.54. The van der Waals surface area contributed by atoms with Crippen LogP contribution in [-0.4, -0.2) is 22.5 Å². The Morgan fingerprint density at radius 1 is 1.28 bits per heavy atom. The van der Waals surface area contributed by atoms with Crippen LogP contribution in [-0.2, 0) is 21.4 Å². The summed E-state index contributed by atoms with van der Waals surface area (Å²) in [6.07, 6.45) is 5.73. The second-order valence-electron chi connectivity index (χ2n) is 5.32. The number of nitrogens with zero attached hydrogens (tertiary/aromatic N) is 2. The van der Waals surface area contributed by atoms with E-state index in [1.165, 1.54) is 0 Å². The van der Waals surface area contributed by atoms with Crippen LogP contribution in [0.25, 0.3) is 0 Å². The second kappa shape index (κ2) is 6.47. The van der Waals surface area contributed by atoms with Gasteiger partial charge in [-0.05, 0) is 25.3 Å². The van der Waals surface area contributed by atoms with Crippen LogP contribution < -0.4 is 0 Å². The molecule has 0 amide bonds. The molecule has 0 unspecified atom stereocenters. The van der Waals surface area contributed by atoms with E-state index in [9.17, 15) is 4.79 Å². The third-order valence-electron chi connectivity index (χ3n) is 2.53. The Balaban J connectivity index is 2.42. The van der Waals surface area contributed by atoms with E-state index in [0.29, 0.717) is 13.0 Å². The third kappa shape index (κ3) is 4.82. The fourth-order valence-corrected chi connectivity index (χ4v) is 1.54. The average Bonchev–Trinajstić information content (AvgIpc) is 2.29. The van der Waals surface area contributed by atoms with Crippen LogP contribution in [0.5, 0.6) is 0 Å². The molecular weight excluding hydrogens is 228 g/mol. The summed E-state index contributed by atoms with van der Waals surface area (Å²) in [5, 5.41) is 0. The van der Waals surface area contributed by atoms with Crippen LogP contribution in [0.1, 0.15) is 51.9 Å². The van der Waals surface area contributed by atoms with E-state index in [0.717, 1.165) is 24.2 Å². The molecule has 4 nitrogen and oxygen atoms in total. The lowest BCUT2D eigenvalue weighted by Crippen LogP contribution is -2.15. The van der Waals surface area contributed by atoms with Gasteiger partial charge in [-0.2, -0.15) is 0 Å². The Kier molecular flexibility index (Phi) is 5.25. The van der Waals surface area contributed by atoms with Crippen LogP contribution in [0.4, 0.5) is 0 Å². The minimum atomic E-state index is -0.135. The van der Waals surface area contributed by atoms with Crippen molar-refractivity contribution in [1.82, 2.24) is 9.97 Å². The van der Waals surface area contributed by atoms with Crippen molar-refractivity contribution in [2.45, 2.75) is 52.4 Å². The molecule has 0 saturated heterocycles. The predicted octanol–water partition coefficient (Wildman–Crippen LogP) is 2.66. The number of hydrogen-bond donors (Lipinski definition) is 0. The van der Waals surface area contributed by atoms with Gasteiger partial charge in [0.1, 0.15) is 5.82 Å². The van der Waals surface area contributed by atoms with Crippen molar-refractivity contribution < 1.29 is 9.53 Å². The lowest BCUT2D eigenvalue weighted by atomic mass is 9.95. The van der Waals surface area contributed by atoms with Gasteiger partial charge >= 0.3 is 5.97 Å². The molecule has 0 bridgehead atoms. The maximum atomic E-state index is 11.2. The molecule has 0 aliphatic rings. The lowest BCUT2D eigenvalue weighted by molar-refractivity contribution is -0.143. The van der Waals surface area contributed by atoms with Crippen molar-refractivity contribution in [3.63, 3.8) is 0 Å². The van der Waals surface area contributed by atoms with E-state index in [1.807, 2.05) is 19.3 Å². The molecule has 1 heterocycles. The SMILES string of the molecule is CCOC(=O)CCCc1cnc(C(C)(C)C)nc1. The summed E-state index contributed by atoms with van der Waals surface area (Å²) in [6, 6.07) is 0. The molecule has 18 heavy (non-hydrogen) atoms. The van der Waals surface area contributed by atoms with Gasteiger partial charge in [-0.3, -0.25) is 4.79 Å². The standard InChI is InChI=1S/C14H22N2O2/c1-5-18-12(17)8-6-7-11-9-15-13(16-10-11)14(2,3)4/h9-10H,5-8H2,1-4H3. The molecule has 0 saturated carbocycles. The van der Waals surface area contributed by atoms with E-state index in [2.05, 4.69) is 30.7 Å². The van der Waals surface area contributed by atoms with E-state index in [1.54, 1.807) is 0 Å². The second-order valence-corrected chi connectivity index (χ2v) is 5.32. The largest absolute Gasteiger partial charge is 0.466 e. The van der Waals surface area contributed by atoms with Crippen LogP contribution in [0, 0.1) is 0 Å². The van der Waals surface area contributed by atoms with Gasteiger partial charge < -0.3 is 4.74 Å². The van der Waals surface area contributed by atoms with Gasteiger partial charge in [-0.15, -0.1) is 0 Å². The first-order chi connectivity index (χ1) is 8.43. The van der Waals surface area contributed by atoms with Gasteiger partial charge in [0, 0.05) is 24.2 Å².